The van der Waals surface area contributed by atoms with Gasteiger partial charge < -0.3 is 15.6 Å². The minimum atomic E-state index is -0.874. The molecule has 2 rings (SSSR count). The molecule has 0 aromatic carbocycles. The van der Waals surface area contributed by atoms with Crippen molar-refractivity contribution in [2.45, 2.75) is 51.5 Å². The molecule has 1 heterocycles. The summed E-state index contributed by atoms with van der Waals surface area (Å²) in [6.07, 6.45) is 1.00. The van der Waals surface area contributed by atoms with E-state index in [1.807, 2.05) is 13.8 Å². The number of hydrogen-bond acceptors (Lipinski definition) is 5. The number of nitrogens with zero attached hydrogens (tertiary/aromatic N) is 1. The molecule has 2 fully saturated rings. The summed E-state index contributed by atoms with van der Waals surface area (Å²) < 4.78 is 5.11. The molecule has 2 unspecified atom stereocenters. The third-order valence-corrected chi connectivity index (χ3v) is 3.36. The molecule has 4 N–H and O–H groups in total. The number of aliphatic hydroxyl groups is 1. The van der Waals surface area contributed by atoms with Gasteiger partial charge in [-0.25, -0.2) is 9.80 Å². The Labute approximate surface area is 120 Å². The molecule has 0 spiro atoms. The van der Waals surface area contributed by atoms with Gasteiger partial charge in [0, 0.05) is 12.6 Å². The number of aliphatic hydroxyl groups excluding tert-OH is 1. The molecule has 2 aliphatic rings. The molecule has 6 nitrogen and oxygen atoms in total. The van der Waals surface area contributed by atoms with E-state index < -0.39 is 24.5 Å². The Morgan fingerprint density at radius 3 is 2.68 bits per heavy atom. The van der Waals surface area contributed by atoms with Crippen LogP contribution in [-0.4, -0.2) is 41.1 Å². The van der Waals surface area contributed by atoms with Crippen molar-refractivity contribution in [3.8, 4) is 0 Å². The number of hydrazine groups is 1. The first kappa shape index (κ1) is 16.5. The second-order valence-electron chi connectivity index (χ2n) is 5.77. The van der Waals surface area contributed by atoms with Crippen molar-refractivity contribution < 1.29 is 14.6 Å². The molecule has 0 aromatic heterocycles. The van der Waals surface area contributed by atoms with Crippen molar-refractivity contribution in [3.63, 3.8) is 0 Å². The van der Waals surface area contributed by atoms with Crippen LogP contribution in [0.25, 0.3) is 0 Å². The first-order chi connectivity index (χ1) is 8.47. The number of carbonyl (C=O) groups excluding carboxylic acids is 1. The Morgan fingerprint density at radius 1 is 1.53 bits per heavy atom. The van der Waals surface area contributed by atoms with E-state index in [2.05, 4.69) is 5.43 Å². The second-order valence-corrected chi connectivity index (χ2v) is 5.77. The standard InChI is InChI=1S/C12H23N3O3.ClH/c1-7(2)5-9(13)10(16)11-14-15(12(17)18-11)6-8-3-4-8;/h7-11,14,16H,3-6,13H2,1-2H3;1H/t9-,10?,11?;/m0./s1. The van der Waals surface area contributed by atoms with Gasteiger partial charge in [0.2, 0.25) is 0 Å². The Bertz CT molecular complexity index is 313. The summed E-state index contributed by atoms with van der Waals surface area (Å²) in [4.78, 5) is 11.6. The molecule has 1 amide bonds. The zero-order valence-electron chi connectivity index (χ0n) is 11.4. The van der Waals surface area contributed by atoms with E-state index in [9.17, 15) is 9.90 Å². The van der Waals surface area contributed by atoms with E-state index in [1.54, 1.807) is 0 Å². The van der Waals surface area contributed by atoms with Gasteiger partial charge in [0.1, 0.15) is 6.10 Å². The molecule has 19 heavy (non-hydrogen) atoms. The van der Waals surface area contributed by atoms with Crippen LogP contribution in [0.2, 0.25) is 0 Å². The largest absolute Gasteiger partial charge is 0.426 e. The van der Waals surface area contributed by atoms with Crippen LogP contribution < -0.4 is 11.2 Å². The zero-order valence-corrected chi connectivity index (χ0v) is 12.2. The second kappa shape index (κ2) is 6.74. The molecule has 0 bridgehead atoms. The van der Waals surface area contributed by atoms with Crippen molar-refractivity contribution in [1.82, 2.24) is 10.4 Å². The maximum absolute atomic E-state index is 11.6. The fourth-order valence-electron chi connectivity index (χ4n) is 2.15. The molecule has 1 saturated carbocycles. The number of ether oxygens (including phenoxy) is 1. The lowest BCUT2D eigenvalue weighted by atomic mass is 9.99. The van der Waals surface area contributed by atoms with Crippen LogP contribution in [0.3, 0.4) is 0 Å². The highest BCUT2D eigenvalue weighted by Gasteiger charge is 2.40. The molecule has 0 aromatic rings. The monoisotopic (exact) mass is 293 g/mol. The van der Waals surface area contributed by atoms with Gasteiger partial charge in [-0.05, 0) is 31.1 Å². The smallest absolute Gasteiger partial charge is 0.425 e. The van der Waals surface area contributed by atoms with E-state index in [0.29, 0.717) is 24.8 Å². The van der Waals surface area contributed by atoms with E-state index in [4.69, 9.17) is 10.5 Å². The van der Waals surface area contributed by atoms with Crippen molar-refractivity contribution >= 4 is 18.5 Å². The Balaban J connectivity index is 0.00000180. The van der Waals surface area contributed by atoms with Gasteiger partial charge in [-0.1, -0.05) is 13.8 Å². The van der Waals surface area contributed by atoms with Gasteiger partial charge in [0.25, 0.3) is 0 Å². The fourth-order valence-corrected chi connectivity index (χ4v) is 2.15. The zero-order chi connectivity index (χ0) is 13.3. The van der Waals surface area contributed by atoms with Gasteiger partial charge in [0.15, 0.2) is 6.23 Å². The minimum absolute atomic E-state index is 0. The summed E-state index contributed by atoms with van der Waals surface area (Å²) in [5.74, 6) is 0.972. The highest BCUT2D eigenvalue weighted by Crippen LogP contribution is 2.30. The summed E-state index contributed by atoms with van der Waals surface area (Å²) >= 11 is 0. The average molecular weight is 294 g/mol. The van der Waals surface area contributed by atoms with E-state index in [-0.39, 0.29) is 12.4 Å². The van der Waals surface area contributed by atoms with Crippen molar-refractivity contribution in [2.75, 3.05) is 6.54 Å². The number of amides is 1. The lowest BCUT2D eigenvalue weighted by Crippen LogP contribution is -2.50. The van der Waals surface area contributed by atoms with Gasteiger partial charge in [0.05, 0.1) is 0 Å². The Kier molecular flexibility index (Phi) is 5.85. The molecule has 3 atom stereocenters. The number of hydrogen-bond donors (Lipinski definition) is 3. The van der Waals surface area contributed by atoms with Gasteiger partial charge in [-0.3, -0.25) is 0 Å². The summed E-state index contributed by atoms with van der Waals surface area (Å²) in [6, 6.07) is -0.392. The van der Waals surface area contributed by atoms with Crippen LogP contribution in [0.5, 0.6) is 0 Å². The first-order valence-corrected chi connectivity index (χ1v) is 6.65. The normalized spacial score (nSPS) is 26.1. The summed E-state index contributed by atoms with van der Waals surface area (Å²) in [6.45, 7) is 4.74. The number of halogens is 1. The summed E-state index contributed by atoms with van der Waals surface area (Å²) in [5.41, 5.74) is 8.80. The molecular formula is C12H24ClN3O3. The fraction of sp³-hybridized carbons (Fsp3) is 0.917. The SMILES string of the molecule is CC(C)C[C@H](N)C(O)C1NN(CC2CC2)C(=O)O1.Cl. The van der Waals surface area contributed by atoms with E-state index in [0.717, 1.165) is 12.8 Å². The first-order valence-electron chi connectivity index (χ1n) is 6.65. The van der Waals surface area contributed by atoms with E-state index >= 15 is 0 Å². The van der Waals surface area contributed by atoms with Crippen LogP contribution >= 0.6 is 12.4 Å². The maximum Gasteiger partial charge on any atom is 0.426 e. The molecule has 0 radical (unpaired) electrons. The number of carbonyl (C=O) groups is 1. The predicted molar refractivity (Wildman–Crippen MR) is 73.5 cm³/mol. The maximum atomic E-state index is 11.6. The van der Waals surface area contributed by atoms with E-state index in [1.165, 1.54) is 5.01 Å². The quantitative estimate of drug-likeness (QED) is 0.675. The van der Waals surface area contributed by atoms with Gasteiger partial charge in [-0.15, -0.1) is 12.4 Å². The van der Waals surface area contributed by atoms with Crippen molar-refractivity contribution in [2.24, 2.45) is 17.6 Å². The summed E-state index contributed by atoms with van der Waals surface area (Å²) in [7, 11) is 0. The molecule has 7 heteroatoms. The topological polar surface area (TPSA) is 87.8 Å². The molecule has 112 valence electrons. The predicted octanol–water partition coefficient (Wildman–Crippen LogP) is 0.835. The molecule has 1 aliphatic heterocycles. The average Bonchev–Trinajstić information content (AvgIpc) is 3.01. The molecular weight excluding hydrogens is 270 g/mol. The van der Waals surface area contributed by atoms with Crippen LogP contribution in [0.1, 0.15) is 33.1 Å². The van der Waals surface area contributed by atoms with Gasteiger partial charge in [-0.2, -0.15) is 5.43 Å². The third-order valence-electron chi connectivity index (χ3n) is 3.36. The van der Waals surface area contributed by atoms with Crippen LogP contribution in [-0.2, 0) is 4.74 Å². The van der Waals surface area contributed by atoms with Crippen LogP contribution in [0.15, 0.2) is 0 Å². The van der Waals surface area contributed by atoms with Gasteiger partial charge >= 0.3 is 6.09 Å². The highest BCUT2D eigenvalue weighted by atomic mass is 35.5. The number of cyclic esters (lactones) is 1. The lowest BCUT2D eigenvalue weighted by molar-refractivity contribution is -0.00530. The highest BCUT2D eigenvalue weighted by molar-refractivity contribution is 5.85. The van der Waals surface area contributed by atoms with Crippen molar-refractivity contribution in [3.05, 3.63) is 0 Å². The molecule has 1 aliphatic carbocycles. The third kappa shape index (κ3) is 4.49. The number of nitrogens with one attached hydrogen (secondary N) is 1. The Morgan fingerprint density at radius 2 is 2.16 bits per heavy atom. The number of rotatable bonds is 6. The summed E-state index contributed by atoms with van der Waals surface area (Å²) in [5, 5.41) is 11.5. The Hall–Kier alpha value is -0.560. The van der Waals surface area contributed by atoms with Crippen molar-refractivity contribution in [1.29, 1.82) is 0 Å². The van der Waals surface area contributed by atoms with Crippen LogP contribution in [0, 0.1) is 11.8 Å². The molecule has 1 saturated heterocycles. The minimum Gasteiger partial charge on any atom is -0.425 e. The lowest BCUT2D eigenvalue weighted by Gasteiger charge is -2.24. The number of nitrogens with two attached hydrogens (primary N) is 1. The van der Waals surface area contributed by atoms with Crippen LogP contribution in [0.4, 0.5) is 4.79 Å².